The maximum absolute atomic E-state index is 13.4. The van der Waals surface area contributed by atoms with Crippen molar-refractivity contribution in [3.05, 3.63) is 83.3 Å². The van der Waals surface area contributed by atoms with Gasteiger partial charge in [0, 0.05) is 80.0 Å². The van der Waals surface area contributed by atoms with Crippen LogP contribution in [0.25, 0.3) is 11.5 Å². The first kappa shape index (κ1) is 35.0. The molecule has 7 heterocycles. The zero-order valence-corrected chi connectivity index (χ0v) is 30.7. The Kier molecular flexibility index (Phi) is 9.24. The van der Waals surface area contributed by atoms with Gasteiger partial charge in [-0.2, -0.15) is 0 Å². The van der Waals surface area contributed by atoms with Crippen LogP contribution in [0.4, 0.5) is 34.7 Å². The Labute approximate surface area is 321 Å². The van der Waals surface area contributed by atoms with Crippen molar-refractivity contribution < 1.29 is 23.5 Å². The Hall–Kier alpha value is -6.78. The number of rotatable bonds is 8. The molecule has 286 valence electrons. The molecule has 0 saturated carbocycles. The molecule has 4 N–H and O–H groups in total. The number of imide groups is 1. The van der Waals surface area contributed by atoms with E-state index in [0.717, 1.165) is 64.6 Å². The molecule has 17 heteroatoms. The highest BCUT2D eigenvalue weighted by molar-refractivity contribution is 6.01. The number of piperazine rings is 1. The minimum absolute atomic E-state index is 0.0488. The molecule has 17 nitrogen and oxygen atoms in total. The summed E-state index contributed by atoms with van der Waals surface area (Å²) in [5, 5.41) is 20.7. The number of hydrogen-bond donors (Lipinski definition) is 4. The van der Waals surface area contributed by atoms with Gasteiger partial charge in [0.2, 0.25) is 29.5 Å². The van der Waals surface area contributed by atoms with Crippen LogP contribution in [0.5, 0.6) is 5.88 Å². The lowest BCUT2D eigenvalue weighted by molar-refractivity contribution is -0.133. The molecule has 0 spiro atoms. The van der Waals surface area contributed by atoms with Crippen LogP contribution >= 0.6 is 0 Å². The highest BCUT2D eigenvalue weighted by Gasteiger charge is 2.28. The highest BCUT2D eigenvalue weighted by Crippen LogP contribution is 2.36. The Balaban J connectivity index is 0.774. The maximum atomic E-state index is 13.4. The number of aromatic nitrogens is 5. The van der Waals surface area contributed by atoms with Crippen molar-refractivity contribution in [1.29, 1.82) is 0 Å². The maximum Gasteiger partial charge on any atom is 0.318 e. The summed E-state index contributed by atoms with van der Waals surface area (Å²) in [4.78, 5) is 57.0. The zero-order chi connectivity index (χ0) is 38.2. The van der Waals surface area contributed by atoms with Crippen molar-refractivity contribution >= 4 is 52.4 Å². The van der Waals surface area contributed by atoms with Gasteiger partial charge in [-0.15, -0.1) is 5.10 Å². The van der Waals surface area contributed by atoms with Crippen molar-refractivity contribution in [2.24, 2.45) is 0 Å². The van der Waals surface area contributed by atoms with Gasteiger partial charge in [0.1, 0.15) is 18.3 Å². The number of amides is 3. The molecule has 3 aromatic heterocycles. The van der Waals surface area contributed by atoms with Gasteiger partial charge >= 0.3 is 6.01 Å². The van der Waals surface area contributed by atoms with Gasteiger partial charge in [-0.05, 0) is 73.9 Å². The number of carbonyl (C=O) groups excluding carboxylic acids is 3. The van der Waals surface area contributed by atoms with Gasteiger partial charge in [0.15, 0.2) is 0 Å². The lowest BCUT2D eigenvalue weighted by Crippen LogP contribution is -2.48. The third kappa shape index (κ3) is 7.10. The predicted octanol–water partition coefficient (Wildman–Crippen LogP) is 3.52. The zero-order valence-electron chi connectivity index (χ0n) is 30.7. The first-order valence-electron chi connectivity index (χ1n) is 18.8. The van der Waals surface area contributed by atoms with E-state index in [-0.39, 0.29) is 17.7 Å². The standard InChI is InChI=1S/C39H40N12O5/c1-23-31(21-41-36-33(23)40-13-19-55-36)51-14-12-26-20-42-38(45-30(26)22-51)44-28-8-4-25(5-9-28)37(54)49-15-17-50(18-16-49)39-48-47-35(56-39)24-2-6-27(7-3-24)43-29-10-11-32(52)46-34(29)53/h2-9,20-21,29,40,43H,10-19,22H2,1H3,(H,42,44,45)(H,46,52,53). The van der Waals surface area contributed by atoms with Gasteiger partial charge in [-0.3, -0.25) is 19.7 Å². The van der Waals surface area contributed by atoms with Crippen LogP contribution in [0.1, 0.15) is 40.0 Å². The first-order chi connectivity index (χ1) is 27.3. The Morgan fingerprint density at radius 1 is 0.893 bits per heavy atom. The van der Waals surface area contributed by atoms with E-state index in [1.165, 1.54) is 0 Å². The summed E-state index contributed by atoms with van der Waals surface area (Å²) in [6.45, 7) is 7.05. The monoisotopic (exact) mass is 756 g/mol. The van der Waals surface area contributed by atoms with E-state index < -0.39 is 6.04 Å². The number of nitrogens with zero attached hydrogens (tertiary/aromatic N) is 8. The smallest absolute Gasteiger partial charge is 0.318 e. The number of fused-ring (bicyclic) bond motifs is 2. The fraction of sp³-hybridized carbons (Fsp3) is 0.333. The molecule has 56 heavy (non-hydrogen) atoms. The summed E-state index contributed by atoms with van der Waals surface area (Å²) in [7, 11) is 0. The number of piperidine rings is 1. The van der Waals surface area contributed by atoms with E-state index in [1.54, 1.807) is 0 Å². The SMILES string of the molecule is Cc1c(N2CCc3cnc(Nc4ccc(C(=O)N5CCN(c6nnc(-c7ccc(NC8CCC(=O)NC8=O)cc7)o6)CC5)cc4)nc3C2)cnc2c1NCCO2. The second kappa shape index (κ2) is 14.8. The van der Waals surface area contributed by atoms with Gasteiger partial charge in [-0.1, -0.05) is 5.10 Å². The first-order valence-corrected chi connectivity index (χ1v) is 18.8. The molecule has 1 atom stereocenters. The summed E-state index contributed by atoms with van der Waals surface area (Å²) in [6.07, 6.45) is 5.36. The quantitative estimate of drug-likeness (QED) is 0.168. The average Bonchev–Trinajstić information content (AvgIpc) is 3.73. The Morgan fingerprint density at radius 2 is 1.70 bits per heavy atom. The molecular formula is C39H40N12O5. The van der Waals surface area contributed by atoms with Crippen molar-refractivity contribution in [3.63, 3.8) is 0 Å². The minimum Gasteiger partial charge on any atom is -0.474 e. The fourth-order valence-electron chi connectivity index (χ4n) is 7.41. The molecule has 0 radical (unpaired) electrons. The summed E-state index contributed by atoms with van der Waals surface area (Å²) in [5.74, 6) is 0.896. The molecule has 1 unspecified atom stereocenters. The lowest BCUT2D eigenvalue weighted by Gasteiger charge is -2.33. The number of hydrogen-bond acceptors (Lipinski definition) is 15. The third-order valence-corrected chi connectivity index (χ3v) is 10.6. The molecule has 4 aliphatic rings. The molecule has 0 aliphatic carbocycles. The lowest BCUT2D eigenvalue weighted by atomic mass is 10.0. The van der Waals surface area contributed by atoms with E-state index in [9.17, 15) is 14.4 Å². The molecule has 2 aromatic carbocycles. The number of nitrogens with one attached hydrogen (secondary N) is 4. The normalized spacial score (nSPS) is 17.9. The van der Waals surface area contributed by atoms with E-state index >= 15 is 0 Å². The predicted molar refractivity (Wildman–Crippen MR) is 207 cm³/mol. The van der Waals surface area contributed by atoms with Gasteiger partial charge in [-0.25, -0.2) is 15.0 Å². The van der Waals surface area contributed by atoms with Crippen molar-refractivity contribution in [3.8, 4) is 17.3 Å². The molecule has 9 rings (SSSR count). The van der Waals surface area contributed by atoms with Crippen LogP contribution in [0.2, 0.25) is 0 Å². The second-order valence-electron chi connectivity index (χ2n) is 14.2. The number of benzene rings is 2. The molecule has 2 fully saturated rings. The van der Waals surface area contributed by atoms with Crippen molar-refractivity contribution in [1.82, 2.24) is 35.4 Å². The van der Waals surface area contributed by atoms with Crippen LogP contribution < -0.4 is 35.8 Å². The van der Waals surface area contributed by atoms with Crippen LogP contribution in [0, 0.1) is 6.92 Å². The number of ether oxygens (including phenoxy) is 1. The third-order valence-electron chi connectivity index (χ3n) is 10.6. The van der Waals surface area contributed by atoms with Gasteiger partial charge in [0.25, 0.3) is 5.91 Å². The van der Waals surface area contributed by atoms with E-state index in [1.807, 2.05) is 70.7 Å². The van der Waals surface area contributed by atoms with Crippen LogP contribution in [0.15, 0.2) is 65.3 Å². The van der Waals surface area contributed by atoms with Gasteiger partial charge in [0.05, 0.1) is 24.1 Å². The minimum atomic E-state index is -0.465. The molecule has 2 saturated heterocycles. The molecule has 3 amide bonds. The average molecular weight is 757 g/mol. The summed E-state index contributed by atoms with van der Waals surface area (Å²) < 4.78 is 11.7. The van der Waals surface area contributed by atoms with Crippen molar-refractivity contribution in [2.45, 2.75) is 38.8 Å². The van der Waals surface area contributed by atoms with Crippen molar-refractivity contribution in [2.75, 3.05) is 71.6 Å². The van der Waals surface area contributed by atoms with Gasteiger partial charge < -0.3 is 39.8 Å². The largest absolute Gasteiger partial charge is 0.474 e. The van der Waals surface area contributed by atoms with E-state index in [0.29, 0.717) is 81.5 Å². The molecule has 5 aromatic rings. The molecule has 4 aliphatic heterocycles. The molecule has 0 bridgehead atoms. The summed E-state index contributed by atoms with van der Waals surface area (Å²) in [6, 6.07) is 14.6. The van der Waals surface area contributed by atoms with E-state index in [4.69, 9.17) is 14.1 Å². The summed E-state index contributed by atoms with van der Waals surface area (Å²) >= 11 is 0. The topological polar surface area (TPSA) is 196 Å². The highest BCUT2D eigenvalue weighted by atomic mass is 16.5. The fourth-order valence-corrected chi connectivity index (χ4v) is 7.41. The molecular weight excluding hydrogens is 717 g/mol. The van der Waals surface area contributed by atoms with E-state index in [2.05, 4.69) is 53.3 Å². The Morgan fingerprint density at radius 3 is 2.50 bits per heavy atom. The Bertz CT molecular complexity index is 2290. The number of anilines is 6. The summed E-state index contributed by atoms with van der Waals surface area (Å²) in [5.41, 5.74) is 8.09. The van der Waals surface area contributed by atoms with Crippen LogP contribution in [-0.4, -0.2) is 99.7 Å². The number of carbonyl (C=O) groups is 3. The second-order valence-corrected chi connectivity index (χ2v) is 14.2. The number of pyridine rings is 1. The van der Waals surface area contributed by atoms with Crippen LogP contribution in [0.3, 0.4) is 0 Å². The van der Waals surface area contributed by atoms with Crippen LogP contribution in [-0.2, 0) is 22.6 Å².